The lowest BCUT2D eigenvalue weighted by atomic mass is 10.0. The van der Waals surface area contributed by atoms with E-state index in [0.29, 0.717) is 17.3 Å². The van der Waals surface area contributed by atoms with Crippen molar-refractivity contribution in [2.45, 2.75) is 6.42 Å². The molecule has 0 atom stereocenters. The SMILES string of the molecule is COC(=O)c1c(CCBr)cccc1[N+](=O)[O-]. The number of esters is 1. The average molecular weight is 288 g/mol. The lowest BCUT2D eigenvalue weighted by Crippen LogP contribution is -2.09. The third-order valence-corrected chi connectivity index (χ3v) is 2.48. The Labute approximate surface area is 101 Å². The number of hydrogen-bond acceptors (Lipinski definition) is 4. The lowest BCUT2D eigenvalue weighted by molar-refractivity contribution is -0.385. The first-order valence-corrected chi connectivity index (χ1v) is 5.64. The summed E-state index contributed by atoms with van der Waals surface area (Å²) in [6, 6.07) is 4.53. The second kappa shape index (κ2) is 5.60. The minimum absolute atomic E-state index is 0.0365. The first-order valence-electron chi connectivity index (χ1n) is 4.52. The molecule has 1 rings (SSSR count). The molecule has 5 nitrogen and oxygen atoms in total. The van der Waals surface area contributed by atoms with E-state index in [1.165, 1.54) is 13.2 Å². The van der Waals surface area contributed by atoms with Crippen molar-refractivity contribution in [3.05, 3.63) is 39.4 Å². The molecule has 0 radical (unpaired) electrons. The van der Waals surface area contributed by atoms with E-state index in [2.05, 4.69) is 20.7 Å². The molecule has 86 valence electrons. The predicted octanol–water partition coefficient (Wildman–Crippen LogP) is 2.32. The second-order valence-corrected chi connectivity index (χ2v) is 3.79. The van der Waals surface area contributed by atoms with Gasteiger partial charge in [-0.25, -0.2) is 4.79 Å². The molecule has 0 amide bonds. The first-order chi connectivity index (χ1) is 7.61. The second-order valence-electron chi connectivity index (χ2n) is 3.00. The van der Waals surface area contributed by atoms with Gasteiger partial charge in [-0.2, -0.15) is 0 Å². The van der Waals surface area contributed by atoms with E-state index in [1.54, 1.807) is 12.1 Å². The Hall–Kier alpha value is -1.43. The summed E-state index contributed by atoms with van der Waals surface area (Å²) < 4.78 is 4.56. The van der Waals surface area contributed by atoms with Gasteiger partial charge in [0.2, 0.25) is 0 Å². The number of alkyl halides is 1. The number of nitro groups is 1. The fourth-order valence-corrected chi connectivity index (χ4v) is 1.81. The number of hydrogen-bond donors (Lipinski definition) is 0. The highest BCUT2D eigenvalue weighted by Crippen LogP contribution is 2.23. The highest BCUT2D eigenvalue weighted by molar-refractivity contribution is 9.09. The lowest BCUT2D eigenvalue weighted by Gasteiger charge is -2.06. The number of aryl methyl sites for hydroxylation is 1. The zero-order chi connectivity index (χ0) is 12.1. The molecule has 0 aliphatic heterocycles. The molecule has 0 aromatic heterocycles. The summed E-state index contributed by atoms with van der Waals surface area (Å²) >= 11 is 3.23. The van der Waals surface area contributed by atoms with Crippen LogP contribution in [-0.4, -0.2) is 23.3 Å². The van der Waals surface area contributed by atoms with Gasteiger partial charge in [-0.1, -0.05) is 28.1 Å². The number of rotatable bonds is 4. The van der Waals surface area contributed by atoms with E-state index in [4.69, 9.17) is 0 Å². The van der Waals surface area contributed by atoms with Crippen molar-refractivity contribution in [3.8, 4) is 0 Å². The van der Waals surface area contributed by atoms with Crippen LogP contribution in [0.25, 0.3) is 0 Å². The van der Waals surface area contributed by atoms with Crippen LogP contribution < -0.4 is 0 Å². The third-order valence-electron chi connectivity index (χ3n) is 2.08. The number of nitrogens with zero attached hydrogens (tertiary/aromatic N) is 1. The van der Waals surface area contributed by atoms with Crippen molar-refractivity contribution in [1.29, 1.82) is 0 Å². The largest absolute Gasteiger partial charge is 0.465 e. The van der Waals surface area contributed by atoms with E-state index < -0.39 is 10.9 Å². The number of benzene rings is 1. The van der Waals surface area contributed by atoms with E-state index in [1.807, 2.05) is 0 Å². The molecule has 0 heterocycles. The Morgan fingerprint density at radius 1 is 1.56 bits per heavy atom. The molecule has 6 heteroatoms. The van der Waals surface area contributed by atoms with Gasteiger partial charge in [0.05, 0.1) is 12.0 Å². The van der Waals surface area contributed by atoms with Crippen LogP contribution in [0.4, 0.5) is 5.69 Å². The maximum atomic E-state index is 11.5. The molecule has 1 aromatic rings. The highest BCUT2D eigenvalue weighted by atomic mass is 79.9. The van der Waals surface area contributed by atoms with Crippen molar-refractivity contribution < 1.29 is 14.5 Å². The monoisotopic (exact) mass is 287 g/mol. The van der Waals surface area contributed by atoms with Crippen LogP contribution in [0.2, 0.25) is 0 Å². The summed E-state index contributed by atoms with van der Waals surface area (Å²) in [5.41, 5.74) is 0.428. The Kier molecular flexibility index (Phi) is 4.42. The molecule has 0 fully saturated rings. The van der Waals surface area contributed by atoms with Crippen molar-refractivity contribution in [2.24, 2.45) is 0 Å². The van der Waals surface area contributed by atoms with Crippen LogP contribution >= 0.6 is 15.9 Å². The van der Waals surface area contributed by atoms with Crippen LogP contribution in [0.3, 0.4) is 0 Å². The van der Waals surface area contributed by atoms with Crippen LogP contribution in [0.15, 0.2) is 18.2 Å². The standard InChI is InChI=1S/C10H10BrNO4/c1-16-10(13)9-7(5-6-11)3-2-4-8(9)12(14)15/h2-4H,5-6H2,1H3. The fraction of sp³-hybridized carbons (Fsp3) is 0.300. The Balaban J connectivity index is 3.34. The van der Waals surface area contributed by atoms with Crippen molar-refractivity contribution in [3.63, 3.8) is 0 Å². The van der Waals surface area contributed by atoms with Crippen molar-refractivity contribution in [1.82, 2.24) is 0 Å². The Bertz CT molecular complexity index is 419. The van der Waals surface area contributed by atoms with Gasteiger partial charge in [0.15, 0.2) is 0 Å². The molecule has 1 aromatic carbocycles. The van der Waals surface area contributed by atoms with Gasteiger partial charge < -0.3 is 4.74 Å². The van der Waals surface area contributed by atoms with Gasteiger partial charge in [-0.05, 0) is 12.0 Å². The van der Waals surface area contributed by atoms with E-state index in [9.17, 15) is 14.9 Å². The predicted molar refractivity (Wildman–Crippen MR) is 61.9 cm³/mol. The Morgan fingerprint density at radius 3 is 2.75 bits per heavy atom. The molecule has 0 saturated heterocycles. The molecule has 0 unspecified atom stereocenters. The molecular formula is C10H10BrNO4. The summed E-state index contributed by atoms with van der Waals surface area (Å²) in [7, 11) is 1.21. The molecule has 0 bridgehead atoms. The highest BCUT2D eigenvalue weighted by Gasteiger charge is 2.23. The molecule has 0 spiro atoms. The number of ether oxygens (including phenoxy) is 1. The zero-order valence-electron chi connectivity index (χ0n) is 8.60. The van der Waals surface area contributed by atoms with Crippen LogP contribution in [0, 0.1) is 10.1 Å². The summed E-state index contributed by atoms with van der Waals surface area (Å²) in [6.45, 7) is 0. The topological polar surface area (TPSA) is 69.4 Å². The zero-order valence-corrected chi connectivity index (χ0v) is 10.2. The minimum atomic E-state index is -0.678. The minimum Gasteiger partial charge on any atom is -0.465 e. The van der Waals surface area contributed by atoms with Gasteiger partial charge >= 0.3 is 5.97 Å². The first kappa shape index (κ1) is 12.6. The fourth-order valence-electron chi connectivity index (χ4n) is 1.39. The number of nitro benzene ring substituents is 1. The number of carbonyl (C=O) groups excluding carboxylic acids is 1. The number of methoxy groups -OCH3 is 1. The summed E-state index contributed by atoms with van der Waals surface area (Å²) in [4.78, 5) is 21.7. The summed E-state index contributed by atoms with van der Waals surface area (Å²) in [6.07, 6.45) is 0.534. The smallest absolute Gasteiger partial charge is 0.345 e. The molecule has 0 N–H and O–H groups in total. The van der Waals surface area contributed by atoms with E-state index >= 15 is 0 Å². The van der Waals surface area contributed by atoms with Crippen molar-refractivity contribution in [2.75, 3.05) is 12.4 Å². The van der Waals surface area contributed by atoms with Crippen LogP contribution in [0.1, 0.15) is 15.9 Å². The van der Waals surface area contributed by atoms with Gasteiger partial charge in [0.25, 0.3) is 5.69 Å². The van der Waals surface area contributed by atoms with Gasteiger partial charge in [0, 0.05) is 11.4 Å². The molecule has 0 aliphatic rings. The van der Waals surface area contributed by atoms with Gasteiger partial charge in [-0.15, -0.1) is 0 Å². The molecule has 16 heavy (non-hydrogen) atoms. The quantitative estimate of drug-likeness (QED) is 0.369. The third kappa shape index (κ3) is 2.57. The maximum Gasteiger partial charge on any atom is 0.345 e. The van der Waals surface area contributed by atoms with Crippen LogP contribution in [0.5, 0.6) is 0 Å². The molecule has 0 aliphatic carbocycles. The van der Waals surface area contributed by atoms with E-state index in [-0.39, 0.29) is 11.3 Å². The molecule has 0 saturated carbocycles. The van der Waals surface area contributed by atoms with E-state index in [0.717, 1.165) is 0 Å². The van der Waals surface area contributed by atoms with Gasteiger partial charge in [-0.3, -0.25) is 10.1 Å². The molecular weight excluding hydrogens is 278 g/mol. The number of carbonyl (C=O) groups is 1. The van der Waals surface area contributed by atoms with Crippen molar-refractivity contribution >= 4 is 27.6 Å². The maximum absolute atomic E-state index is 11.5. The Morgan fingerprint density at radius 2 is 2.25 bits per heavy atom. The summed E-state index contributed by atoms with van der Waals surface area (Å²) in [5.74, 6) is -0.678. The normalized spacial score (nSPS) is 9.88. The number of halogens is 1. The van der Waals surface area contributed by atoms with Crippen LogP contribution in [-0.2, 0) is 11.2 Å². The average Bonchev–Trinajstić information content (AvgIpc) is 2.28. The van der Waals surface area contributed by atoms with Gasteiger partial charge in [0.1, 0.15) is 5.56 Å². The summed E-state index contributed by atoms with van der Waals surface area (Å²) in [5, 5.41) is 11.4.